The summed E-state index contributed by atoms with van der Waals surface area (Å²) in [4.78, 5) is 31.8. The zero-order valence-electron chi connectivity index (χ0n) is 22.0. The molecule has 0 saturated carbocycles. The first-order chi connectivity index (χ1) is 19.5. The topological polar surface area (TPSA) is 88.4 Å². The number of allylic oxidation sites excluding steroid dienone is 1. The molecule has 0 unspecified atom stereocenters. The van der Waals surface area contributed by atoms with Gasteiger partial charge in [-0.25, -0.2) is 9.79 Å². The van der Waals surface area contributed by atoms with Crippen molar-refractivity contribution in [3.8, 4) is 17.2 Å². The number of nitrogens with zero attached hydrogens (tertiary/aromatic N) is 2. The molecule has 1 atom stereocenters. The van der Waals surface area contributed by atoms with Gasteiger partial charge in [0.2, 0.25) is 6.79 Å². The van der Waals surface area contributed by atoms with E-state index in [9.17, 15) is 9.59 Å². The molecule has 2 aliphatic heterocycles. The number of esters is 1. The van der Waals surface area contributed by atoms with Crippen LogP contribution in [-0.2, 0) is 16.1 Å². The number of aromatic nitrogens is 1. The summed E-state index contributed by atoms with van der Waals surface area (Å²) in [5.74, 6) is 1.69. The van der Waals surface area contributed by atoms with Crippen LogP contribution in [0, 0.1) is 0 Å². The minimum Gasteiger partial charge on any atom is -0.489 e. The van der Waals surface area contributed by atoms with Crippen LogP contribution in [0.1, 0.15) is 36.6 Å². The van der Waals surface area contributed by atoms with Gasteiger partial charge >= 0.3 is 5.97 Å². The van der Waals surface area contributed by atoms with E-state index < -0.39 is 12.0 Å². The summed E-state index contributed by atoms with van der Waals surface area (Å²) in [7, 11) is 0. The standard InChI is InChI=1S/C31H26N2O6S/c1-3-36-30(35)27-19(2)32-31-33(28(27)22-7-5-4-6-8-22)29(34)26(40-31)16-20-9-12-23(13-10-20)37-17-21-11-14-24-25(15-21)39-18-38-24/h4-16,28H,3,17-18H2,1-2H3/b26-16-/t28-/m0/s1. The van der Waals surface area contributed by atoms with Crippen LogP contribution in [0.4, 0.5) is 0 Å². The summed E-state index contributed by atoms with van der Waals surface area (Å²) in [5.41, 5.74) is 3.34. The van der Waals surface area contributed by atoms with Crippen LogP contribution in [0.3, 0.4) is 0 Å². The highest BCUT2D eigenvalue weighted by atomic mass is 32.1. The number of carbonyl (C=O) groups excluding carboxylic acids is 1. The summed E-state index contributed by atoms with van der Waals surface area (Å²) in [6.45, 7) is 4.39. The normalized spacial score (nSPS) is 15.9. The minimum absolute atomic E-state index is 0.213. The molecule has 4 aromatic rings. The first-order valence-electron chi connectivity index (χ1n) is 12.9. The predicted molar refractivity (Wildman–Crippen MR) is 150 cm³/mol. The zero-order chi connectivity index (χ0) is 27.6. The molecule has 0 spiro atoms. The maximum Gasteiger partial charge on any atom is 0.338 e. The van der Waals surface area contributed by atoms with Crippen LogP contribution in [0.2, 0.25) is 0 Å². The van der Waals surface area contributed by atoms with E-state index in [1.165, 1.54) is 11.3 Å². The Hall–Kier alpha value is -4.63. The van der Waals surface area contributed by atoms with Gasteiger partial charge in [0.05, 0.1) is 28.5 Å². The SMILES string of the molecule is CCOC(=O)C1=C(C)N=c2s/c(=C\c3ccc(OCc4ccc5c(c4)OCO5)cc3)c(=O)n2[C@H]1c1ccccc1. The highest BCUT2D eigenvalue weighted by molar-refractivity contribution is 7.07. The van der Waals surface area contributed by atoms with Crippen LogP contribution < -0.4 is 29.1 Å². The summed E-state index contributed by atoms with van der Waals surface area (Å²) in [5, 5.41) is 0. The third-order valence-corrected chi connectivity index (χ3v) is 7.64. The fourth-order valence-corrected chi connectivity index (χ4v) is 5.80. The largest absolute Gasteiger partial charge is 0.489 e. The average molecular weight is 555 g/mol. The number of hydrogen-bond acceptors (Lipinski definition) is 8. The van der Waals surface area contributed by atoms with Crippen molar-refractivity contribution in [3.05, 3.63) is 120 Å². The van der Waals surface area contributed by atoms with Gasteiger partial charge < -0.3 is 18.9 Å². The highest BCUT2D eigenvalue weighted by Gasteiger charge is 2.33. The van der Waals surface area contributed by atoms with E-state index in [2.05, 4.69) is 4.99 Å². The van der Waals surface area contributed by atoms with Crippen LogP contribution in [0.25, 0.3) is 6.08 Å². The van der Waals surface area contributed by atoms with Gasteiger partial charge in [0.25, 0.3) is 5.56 Å². The van der Waals surface area contributed by atoms with Crippen molar-refractivity contribution in [2.45, 2.75) is 26.5 Å². The van der Waals surface area contributed by atoms with Crippen molar-refractivity contribution in [2.75, 3.05) is 13.4 Å². The van der Waals surface area contributed by atoms with E-state index >= 15 is 0 Å². The Morgan fingerprint density at radius 2 is 1.85 bits per heavy atom. The van der Waals surface area contributed by atoms with Crippen LogP contribution in [-0.4, -0.2) is 23.9 Å². The quantitative estimate of drug-likeness (QED) is 0.320. The van der Waals surface area contributed by atoms with E-state index in [-0.39, 0.29) is 19.0 Å². The molecule has 40 heavy (non-hydrogen) atoms. The summed E-state index contributed by atoms with van der Waals surface area (Å²) < 4.78 is 24.2. The molecule has 1 aromatic heterocycles. The van der Waals surface area contributed by atoms with E-state index in [1.54, 1.807) is 18.4 Å². The molecule has 0 saturated heterocycles. The minimum atomic E-state index is -0.620. The Balaban J connectivity index is 1.29. The lowest BCUT2D eigenvalue weighted by Crippen LogP contribution is -2.39. The lowest BCUT2D eigenvalue weighted by Gasteiger charge is -2.24. The monoisotopic (exact) mass is 554 g/mol. The van der Waals surface area contributed by atoms with Crippen LogP contribution in [0.15, 0.2) is 93.9 Å². The smallest absolute Gasteiger partial charge is 0.338 e. The molecule has 0 radical (unpaired) electrons. The van der Waals surface area contributed by atoms with Crippen LogP contribution in [0.5, 0.6) is 17.2 Å². The van der Waals surface area contributed by atoms with Gasteiger partial charge in [0, 0.05) is 0 Å². The number of hydrogen-bond donors (Lipinski definition) is 0. The Bertz CT molecular complexity index is 1790. The highest BCUT2D eigenvalue weighted by Crippen LogP contribution is 2.33. The van der Waals surface area contributed by atoms with Crippen molar-refractivity contribution in [1.29, 1.82) is 0 Å². The van der Waals surface area contributed by atoms with Gasteiger partial charge in [0.15, 0.2) is 16.3 Å². The molecular formula is C31H26N2O6S. The number of carbonyl (C=O) groups is 1. The fourth-order valence-electron chi connectivity index (χ4n) is 4.75. The summed E-state index contributed by atoms with van der Waals surface area (Å²) >= 11 is 1.30. The van der Waals surface area contributed by atoms with E-state index in [4.69, 9.17) is 18.9 Å². The third-order valence-electron chi connectivity index (χ3n) is 6.65. The lowest BCUT2D eigenvalue weighted by molar-refractivity contribution is -0.139. The van der Waals surface area contributed by atoms with Gasteiger partial charge in [-0.15, -0.1) is 0 Å². The van der Waals surface area contributed by atoms with E-state index in [0.29, 0.717) is 33.0 Å². The van der Waals surface area contributed by atoms with Gasteiger partial charge in [-0.3, -0.25) is 9.36 Å². The summed E-state index contributed by atoms with van der Waals surface area (Å²) in [6, 6.07) is 22.1. The molecule has 0 aliphatic carbocycles. The molecular weight excluding hydrogens is 528 g/mol. The fraction of sp³-hybridized carbons (Fsp3) is 0.194. The Morgan fingerprint density at radius 1 is 1.07 bits per heavy atom. The first-order valence-corrected chi connectivity index (χ1v) is 13.7. The molecule has 0 N–H and O–H groups in total. The number of thiazole rings is 1. The zero-order valence-corrected chi connectivity index (χ0v) is 22.8. The molecule has 0 bridgehead atoms. The second kappa shape index (κ2) is 10.9. The Kier molecular flexibility index (Phi) is 6.96. The maximum atomic E-state index is 13.7. The Morgan fingerprint density at radius 3 is 2.62 bits per heavy atom. The molecule has 6 rings (SSSR count). The van der Waals surface area contributed by atoms with Crippen molar-refractivity contribution in [3.63, 3.8) is 0 Å². The average Bonchev–Trinajstić information content (AvgIpc) is 3.56. The maximum absolute atomic E-state index is 13.7. The number of rotatable bonds is 7. The predicted octanol–water partition coefficient (Wildman–Crippen LogP) is 4.11. The number of ether oxygens (including phenoxy) is 4. The second-order valence-electron chi connectivity index (χ2n) is 9.26. The molecule has 3 aromatic carbocycles. The lowest BCUT2D eigenvalue weighted by atomic mass is 9.96. The van der Waals surface area contributed by atoms with E-state index in [0.717, 1.165) is 28.2 Å². The van der Waals surface area contributed by atoms with E-state index in [1.807, 2.05) is 78.9 Å². The second-order valence-corrected chi connectivity index (χ2v) is 10.3. The van der Waals surface area contributed by atoms with Gasteiger partial charge in [-0.2, -0.15) is 0 Å². The summed E-state index contributed by atoms with van der Waals surface area (Å²) in [6.07, 6.45) is 1.83. The Labute approximate surface area is 234 Å². The molecule has 202 valence electrons. The van der Waals surface area contributed by atoms with Gasteiger partial charge in [0.1, 0.15) is 12.4 Å². The molecule has 0 amide bonds. The molecule has 0 fully saturated rings. The number of fused-ring (bicyclic) bond motifs is 2. The van der Waals surface area contributed by atoms with Crippen molar-refractivity contribution >= 4 is 23.4 Å². The van der Waals surface area contributed by atoms with Crippen LogP contribution >= 0.6 is 11.3 Å². The van der Waals surface area contributed by atoms with Crippen molar-refractivity contribution < 1.29 is 23.7 Å². The first kappa shape index (κ1) is 25.6. The molecule has 8 nitrogen and oxygen atoms in total. The van der Waals surface area contributed by atoms with Crippen molar-refractivity contribution in [2.24, 2.45) is 4.99 Å². The van der Waals surface area contributed by atoms with Gasteiger partial charge in [-0.1, -0.05) is 59.9 Å². The third kappa shape index (κ3) is 4.91. The molecule has 9 heteroatoms. The molecule has 2 aliphatic rings. The van der Waals surface area contributed by atoms with Gasteiger partial charge in [-0.05, 0) is 60.9 Å². The molecule has 3 heterocycles. The number of benzene rings is 3. The van der Waals surface area contributed by atoms with Crippen molar-refractivity contribution in [1.82, 2.24) is 4.57 Å².